The van der Waals surface area contributed by atoms with Gasteiger partial charge < -0.3 is 27.2 Å². The number of anilines is 1. The Balaban J connectivity index is 0.00000272. The Labute approximate surface area is 189 Å². The SMILES string of the molecule is CN=c1ccc2c(-c3ccc([NH+]=C=S)cc3C(=O)O)c3ccc(NC)cc3oc-2c1.[Cl-]. The molecule has 156 valence electrons. The van der Waals surface area contributed by atoms with E-state index in [0.29, 0.717) is 22.6 Å². The molecule has 1 heterocycles. The van der Waals surface area contributed by atoms with Crippen LogP contribution in [-0.2, 0) is 0 Å². The van der Waals surface area contributed by atoms with Crippen molar-refractivity contribution in [2.45, 2.75) is 0 Å². The third-order valence-corrected chi connectivity index (χ3v) is 5.07. The number of carboxylic acid groups (broad SMARTS) is 1. The second-order valence-electron chi connectivity index (χ2n) is 6.63. The fourth-order valence-electron chi connectivity index (χ4n) is 3.54. The lowest BCUT2D eigenvalue weighted by Crippen LogP contribution is -3.00. The fraction of sp³-hybridized carbons (Fsp3) is 0.0870. The Hall–Kier alpha value is -3.51. The van der Waals surface area contributed by atoms with Gasteiger partial charge in [0.15, 0.2) is 0 Å². The summed E-state index contributed by atoms with van der Waals surface area (Å²) in [4.78, 5) is 19.1. The Kier molecular flexibility index (Phi) is 6.51. The van der Waals surface area contributed by atoms with Gasteiger partial charge in [0.2, 0.25) is 5.69 Å². The van der Waals surface area contributed by atoms with Gasteiger partial charge in [0.05, 0.1) is 10.9 Å². The maximum Gasteiger partial charge on any atom is 0.336 e. The van der Waals surface area contributed by atoms with Crippen LogP contribution < -0.4 is 28.1 Å². The van der Waals surface area contributed by atoms with Crippen molar-refractivity contribution in [3.05, 3.63) is 65.5 Å². The summed E-state index contributed by atoms with van der Waals surface area (Å²) in [6.45, 7) is 0. The van der Waals surface area contributed by atoms with Crippen molar-refractivity contribution in [2.75, 3.05) is 19.4 Å². The average Bonchev–Trinajstić information content (AvgIpc) is 2.76. The van der Waals surface area contributed by atoms with Crippen molar-refractivity contribution in [3.63, 3.8) is 0 Å². The maximum atomic E-state index is 12.1. The van der Waals surface area contributed by atoms with Crippen LogP contribution in [0.5, 0.6) is 0 Å². The van der Waals surface area contributed by atoms with Gasteiger partial charge in [-0.15, -0.1) is 0 Å². The number of halogens is 1. The van der Waals surface area contributed by atoms with E-state index in [9.17, 15) is 9.90 Å². The highest BCUT2D eigenvalue weighted by Crippen LogP contribution is 2.42. The molecular formula is C23H18ClN3O3S. The van der Waals surface area contributed by atoms with Gasteiger partial charge in [-0.05, 0) is 35.9 Å². The number of carbonyl (C=O) groups is 1. The molecule has 4 rings (SSSR count). The molecule has 0 atom stereocenters. The molecule has 6 nitrogen and oxygen atoms in total. The summed E-state index contributed by atoms with van der Waals surface area (Å²) in [7, 11) is 3.54. The van der Waals surface area contributed by atoms with E-state index in [2.05, 4.69) is 20.5 Å². The largest absolute Gasteiger partial charge is 1.00 e. The summed E-state index contributed by atoms with van der Waals surface area (Å²) < 4.78 is 6.17. The van der Waals surface area contributed by atoms with Crippen molar-refractivity contribution >= 4 is 45.7 Å². The van der Waals surface area contributed by atoms with Gasteiger partial charge >= 0.3 is 5.97 Å². The number of rotatable bonds is 4. The normalized spacial score (nSPS) is 11.1. The van der Waals surface area contributed by atoms with E-state index in [1.54, 1.807) is 25.2 Å². The highest BCUT2D eigenvalue weighted by atomic mass is 35.5. The molecule has 1 aliphatic heterocycles. The molecule has 0 bridgehead atoms. The van der Waals surface area contributed by atoms with Crippen molar-refractivity contribution < 1.29 is 31.7 Å². The van der Waals surface area contributed by atoms with Crippen molar-refractivity contribution in [2.24, 2.45) is 4.99 Å². The fourth-order valence-corrected chi connectivity index (χ4v) is 3.66. The molecular weight excluding hydrogens is 434 g/mol. The molecule has 0 fully saturated rings. The molecule has 0 spiro atoms. The molecule has 2 aromatic carbocycles. The first kappa shape index (κ1) is 22.2. The third-order valence-electron chi connectivity index (χ3n) is 4.97. The second-order valence-corrected chi connectivity index (χ2v) is 6.84. The van der Waals surface area contributed by atoms with Crippen LogP contribution in [0.2, 0.25) is 0 Å². The average molecular weight is 452 g/mol. The van der Waals surface area contributed by atoms with E-state index in [-0.39, 0.29) is 18.0 Å². The smallest absolute Gasteiger partial charge is 0.336 e. The van der Waals surface area contributed by atoms with Crippen LogP contribution in [0.25, 0.3) is 33.4 Å². The summed E-state index contributed by atoms with van der Waals surface area (Å²) in [5.41, 5.74) is 4.42. The van der Waals surface area contributed by atoms with Crippen LogP contribution in [0, 0.1) is 0 Å². The van der Waals surface area contributed by atoms with E-state index < -0.39 is 5.97 Å². The summed E-state index contributed by atoms with van der Waals surface area (Å²) >= 11 is 4.71. The minimum atomic E-state index is -1.04. The highest BCUT2D eigenvalue weighted by Gasteiger charge is 2.22. The van der Waals surface area contributed by atoms with Crippen LogP contribution in [-0.4, -0.2) is 30.3 Å². The van der Waals surface area contributed by atoms with E-state index in [0.717, 1.165) is 27.6 Å². The van der Waals surface area contributed by atoms with Crippen molar-refractivity contribution in [1.82, 2.24) is 0 Å². The molecule has 31 heavy (non-hydrogen) atoms. The first-order chi connectivity index (χ1) is 14.5. The van der Waals surface area contributed by atoms with Gasteiger partial charge in [-0.2, -0.15) is 4.99 Å². The summed E-state index contributed by atoms with van der Waals surface area (Å²) in [6.07, 6.45) is 0. The lowest BCUT2D eigenvalue weighted by atomic mass is 9.90. The second kappa shape index (κ2) is 9.10. The van der Waals surface area contributed by atoms with Gasteiger partial charge in [-0.1, -0.05) is 0 Å². The number of benzene rings is 3. The van der Waals surface area contributed by atoms with E-state index in [1.165, 1.54) is 0 Å². The van der Waals surface area contributed by atoms with Crippen LogP contribution >= 0.6 is 12.2 Å². The lowest BCUT2D eigenvalue weighted by molar-refractivity contribution is -0.343. The lowest BCUT2D eigenvalue weighted by Gasteiger charge is -2.17. The van der Waals surface area contributed by atoms with Gasteiger partial charge in [0.25, 0.3) is 5.16 Å². The zero-order valence-corrected chi connectivity index (χ0v) is 18.3. The van der Waals surface area contributed by atoms with E-state index in [1.807, 2.05) is 43.4 Å². The van der Waals surface area contributed by atoms with Crippen LogP contribution in [0.4, 0.5) is 11.4 Å². The quantitative estimate of drug-likeness (QED) is 0.236. The molecule has 1 aliphatic carbocycles. The molecule has 0 saturated carbocycles. The van der Waals surface area contributed by atoms with Crippen LogP contribution in [0.1, 0.15) is 10.4 Å². The third kappa shape index (κ3) is 4.07. The first-order valence-electron chi connectivity index (χ1n) is 9.18. The zero-order valence-electron chi connectivity index (χ0n) is 16.7. The van der Waals surface area contributed by atoms with Gasteiger partial charge in [-0.3, -0.25) is 4.99 Å². The molecule has 0 aromatic heterocycles. The Morgan fingerprint density at radius 1 is 1.13 bits per heavy atom. The minimum Gasteiger partial charge on any atom is -1.00 e. The van der Waals surface area contributed by atoms with Crippen LogP contribution in [0.15, 0.2) is 64.0 Å². The summed E-state index contributed by atoms with van der Waals surface area (Å²) in [5.74, 6) is -0.410. The molecule has 2 aliphatic rings. The van der Waals surface area contributed by atoms with Crippen molar-refractivity contribution in [3.8, 4) is 22.5 Å². The standard InChI is InChI=1S/C23H17N3O3S.ClH/c1-24-13-3-7-17-20(10-13)29-21-11-14(25-2)4-8-18(21)22(17)16-6-5-15(26-12-30)9-19(16)23(27)28;/h3-11,24H,1-2H3,(H,27,28);1H. The molecule has 3 N–H and O–H groups in total. The number of thiocarbonyl (C=S) groups is 1. The number of fused-ring (bicyclic) bond motifs is 2. The predicted octanol–water partition coefficient (Wildman–Crippen LogP) is 0.294. The summed E-state index contributed by atoms with van der Waals surface area (Å²) in [5, 5.41) is 17.0. The molecule has 0 saturated heterocycles. The van der Waals surface area contributed by atoms with Crippen molar-refractivity contribution in [1.29, 1.82) is 0 Å². The van der Waals surface area contributed by atoms with E-state index in [4.69, 9.17) is 16.6 Å². The monoisotopic (exact) mass is 451 g/mol. The minimum absolute atomic E-state index is 0. The summed E-state index contributed by atoms with van der Waals surface area (Å²) in [6, 6.07) is 16.5. The van der Waals surface area contributed by atoms with Gasteiger partial charge in [0, 0.05) is 72.8 Å². The number of aromatic carboxylic acids is 1. The predicted molar refractivity (Wildman–Crippen MR) is 119 cm³/mol. The number of hydrogen-bond acceptors (Lipinski definition) is 5. The molecule has 0 unspecified atom stereocenters. The molecule has 2 aromatic rings. The number of nitrogens with zero attached hydrogens (tertiary/aromatic N) is 1. The number of carboxylic acids is 1. The number of nitrogens with one attached hydrogen (secondary N) is 2. The Morgan fingerprint density at radius 3 is 2.58 bits per heavy atom. The Morgan fingerprint density at radius 2 is 1.90 bits per heavy atom. The zero-order chi connectivity index (χ0) is 21.3. The number of isothiocyanates is 1. The molecule has 0 radical (unpaired) electrons. The molecule has 8 heteroatoms. The molecule has 0 amide bonds. The first-order valence-corrected chi connectivity index (χ1v) is 9.58. The highest BCUT2D eigenvalue weighted by molar-refractivity contribution is 7.78. The van der Waals surface area contributed by atoms with E-state index >= 15 is 0 Å². The van der Waals surface area contributed by atoms with Gasteiger partial charge in [-0.25, -0.2) is 4.79 Å². The Bertz CT molecular complexity index is 1390. The maximum absolute atomic E-state index is 12.1. The van der Waals surface area contributed by atoms with Gasteiger partial charge in [0.1, 0.15) is 11.3 Å². The van der Waals surface area contributed by atoms with Crippen LogP contribution in [0.3, 0.4) is 0 Å². The topological polar surface area (TPSA) is 88.8 Å². The number of hydrogen-bond donors (Lipinski definition) is 3.